The third-order valence-electron chi connectivity index (χ3n) is 2.42. The molecule has 0 saturated carbocycles. The van der Waals surface area contributed by atoms with Gasteiger partial charge in [0.05, 0.1) is 20.1 Å². The molecular weight excluding hydrogens is 182 g/mol. The number of hydrogen-bond acceptors (Lipinski definition) is 4. The molecule has 4 nitrogen and oxygen atoms in total. The SMILES string of the molecule is CCC(C)(CO)NC(C)CC(=O)OC. The highest BCUT2D eigenvalue weighted by molar-refractivity contribution is 5.69. The maximum absolute atomic E-state index is 11.0. The fourth-order valence-electron chi connectivity index (χ4n) is 1.24. The summed E-state index contributed by atoms with van der Waals surface area (Å²) >= 11 is 0. The molecule has 0 fully saturated rings. The summed E-state index contributed by atoms with van der Waals surface area (Å²) in [7, 11) is 1.38. The number of carbonyl (C=O) groups excluding carboxylic acids is 1. The van der Waals surface area contributed by atoms with E-state index in [1.54, 1.807) is 0 Å². The molecule has 2 atom stereocenters. The molecule has 0 rings (SSSR count). The summed E-state index contributed by atoms with van der Waals surface area (Å²) in [5, 5.41) is 12.4. The van der Waals surface area contributed by atoms with Gasteiger partial charge >= 0.3 is 5.97 Å². The van der Waals surface area contributed by atoms with E-state index in [9.17, 15) is 4.79 Å². The zero-order valence-corrected chi connectivity index (χ0v) is 9.46. The van der Waals surface area contributed by atoms with Crippen LogP contribution in [0.4, 0.5) is 0 Å². The average Bonchev–Trinajstić information content (AvgIpc) is 2.17. The molecule has 2 unspecified atom stereocenters. The molecule has 0 aromatic heterocycles. The van der Waals surface area contributed by atoms with E-state index in [1.807, 2.05) is 20.8 Å². The Balaban J connectivity index is 4.03. The Hall–Kier alpha value is -0.610. The Morgan fingerprint density at radius 2 is 2.21 bits per heavy atom. The first-order chi connectivity index (χ1) is 6.47. The number of esters is 1. The van der Waals surface area contributed by atoms with Crippen LogP contribution in [0.1, 0.15) is 33.6 Å². The van der Waals surface area contributed by atoms with Crippen molar-refractivity contribution in [3.8, 4) is 0 Å². The van der Waals surface area contributed by atoms with E-state index in [-0.39, 0.29) is 24.2 Å². The largest absolute Gasteiger partial charge is 0.469 e. The maximum atomic E-state index is 11.0. The molecule has 0 aliphatic rings. The second kappa shape index (κ2) is 5.98. The number of carbonyl (C=O) groups is 1. The summed E-state index contributed by atoms with van der Waals surface area (Å²) in [6, 6.07) is 0.0135. The zero-order chi connectivity index (χ0) is 11.2. The molecule has 0 aliphatic carbocycles. The first kappa shape index (κ1) is 13.4. The normalized spacial score (nSPS) is 17.2. The lowest BCUT2D eigenvalue weighted by Gasteiger charge is -2.30. The zero-order valence-electron chi connectivity index (χ0n) is 9.46. The van der Waals surface area contributed by atoms with Crippen molar-refractivity contribution in [3.05, 3.63) is 0 Å². The van der Waals surface area contributed by atoms with Gasteiger partial charge < -0.3 is 15.2 Å². The van der Waals surface area contributed by atoms with Crippen molar-refractivity contribution < 1.29 is 14.6 Å². The van der Waals surface area contributed by atoms with E-state index in [1.165, 1.54) is 7.11 Å². The molecule has 0 aliphatic heterocycles. The molecule has 14 heavy (non-hydrogen) atoms. The molecule has 0 spiro atoms. The van der Waals surface area contributed by atoms with E-state index in [4.69, 9.17) is 5.11 Å². The Labute approximate surface area is 85.6 Å². The highest BCUT2D eigenvalue weighted by Gasteiger charge is 2.23. The predicted octanol–water partition coefficient (Wildman–Crippen LogP) is 0.689. The van der Waals surface area contributed by atoms with Crippen molar-refractivity contribution in [2.24, 2.45) is 0 Å². The Morgan fingerprint density at radius 1 is 1.64 bits per heavy atom. The van der Waals surface area contributed by atoms with Crippen molar-refractivity contribution >= 4 is 5.97 Å². The van der Waals surface area contributed by atoms with Gasteiger partial charge in [-0.1, -0.05) is 6.92 Å². The van der Waals surface area contributed by atoms with E-state index in [0.29, 0.717) is 6.42 Å². The second-order valence-electron chi connectivity index (χ2n) is 3.90. The highest BCUT2D eigenvalue weighted by atomic mass is 16.5. The Bertz CT molecular complexity index is 178. The van der Waals surface area contributed by atoms with Crippen molar-refractivity contribution in [1.29, 1.82) is 0 Å². The van der Waals surface area contributed by atoms with E-state index in [2.05, 4.69) is 10.1 Å². The van der Waals surface area contributed by atoms with Crippen molar-refractivity contribution in [2.75, 3.05) is 13.7 Å². The topological polar surface area (TPSA) is 58.6 Å². The summed E-state index contributed by atoms with van der Waals surface area (Å²) in [6.45, 7) is 5.89. The second-order valence-corrected chi connectivity index (χ2v) is 3.90. The van der Waals surface area contributed by atoms with Gasteiger partial charge in [0, 0.05) is 11.6 Å². The van der Waals surface area contributed by atoms with Crippen LogP contribution in [0.15, 0.2) is 0 Å². The monoisotopic (exact) mass is 203 g/mol. The summed E-state index contributed by atoms with van der Waals surface area (Å²) in [5.74, 6) is -0.235. The van der Waals surface area contributed by atoms with Gasteiger partial charge in [-0.05, 0) is 20.3 Å². The summed E-state index contributed by atoms with van der Waals surface area (Å²) < 4.78 is 4.56. The van der Waals surface area contributed by atoms with Gasteiger partial charge in [0.15, 0.2) is 0 Å². The number of nitrogens with one attached hydrogen (secondary N) is 1. The first-order valence-electron chi connectivity index (χ1n) is 4.92. The lowest BCUT2D eigenvalue weighted by atomic mass is 9.98. The minimum Gasteiger partial charge on any atom is -0.469 e. The fourth-order valence-corrected chi connectivity index (χ4v) is 1.24. The van der Waals surface area contributed by atoms with Crippen LogP contribution in [0.5, 0.6) is 0 Å². The molecule has 0 aromatic rings. The lowest BCUT2D eigenvalue weighted by Crippen LogP contribution is -2.50. The summed E-state index contributed by atoms with van der Waals surface area (Å²) in [4.78, 5) is 11.0. The number of aliphatic hydroxyl groups is 1. The molecule has 0 aromatic carbocycles. The molecule has 0 saturated heterocycles. The van der Waals surface area contributed by atoms with E-state index in [0.717, 1.165) is 6.42 Å². The van der Waals surface area contributed by atoms with Gasteiger partial charge in [-0.2, -0.15) is 0 Å². The van der Waals surface area contributed by atoms with E-state index >= 15 is 0 Å². The first-order valence-corrected chi connectivity index (χ1v) is 4.92. The smallest absolute Gasteiger partial charge is 0.307 e. The van der Waals surface area contributed by atoms with E-state index < -0.39 is 0 Å². The molecular formula is C10H21NO3. The van der Waals surface area contributed by atoms with Crippen LogP contribution < -0.4 is 5.32 Å². The minimum atomic E-state index is -0.312. The summed E-state index contributed by atoms with van der Waals surface area (Å²) in [6.07, 6.45) is 1.14. The number of rotatable bonds is 6. The third kappa shape index (κ3) is 4.58. The number of hydrogen-bond donors (Lipinski definition) is 2. The van der Waals surface area contributed by atoms with Gasteiger partial charge in [-0.15, -0.1) is 0 Å². The van der Waals surface area contributed by atoms with Crippen LogP contribution in [0.2, 0.25) is 0 Å². The van der Waals surface area contributed by atoms with Crippen molar-refractivity contribution in [1.82, 2.24) is 5.32 Å². The standard InChI is InChI=1S/C10H21NO3/c1-5-10(3,7-12)11-8(2)6-9(13)14-4/h8,11-12H,5-7H2,1-4H3. The highest BCUT2D eigenvalue weighted by Crippen LogP contribution is 2.10. The third-order valence-corrected chi connectivity index (χ3v) is 2.42. The molecule has 84 valence electrons. The lowest BCUT2D eigenvalue weighted by molar-refractivity contribution is -0.141. The van der Waals surface area contributed by atoms with Gasteiger partial charge in [0.2, 0.25) is 0 Å². The number of aliphatic hydroxyl groups excluding tert-OH is 1. The fraction of sp³-hybridized carbons (Fsp3) is 0.900. The van der Waals surface area contributed by atoms with Crippen molar-refractivity contribution in [2.45, 2.75) is 45.2 Å². The quantitative estimate of drug-likeness (QED) is 0.624. The van der Waals surface area contributed by atoms with Gasteiger partial charge in [0.25, 0.3) is 0 Å². The van der Waals surface area contributed by atoms with Gasteiger partial charge in [-0.3, -0.25) is 4.79 Å². The maximum Gasteiger partial charge on any atom is 0.307 e. The average molecular weight is 203 g/mol. The minimum absolute atomic E-state index is 0.0135. The van der Waals surface area contributed by atoms with Gasteiger partial charge in [-0.25, -0.2) is 0 Å². The predicted molar refractivity (Wildman–Crippen MR) is 55.0 cm³/mol. The van der Waals surface area contributed by atoms with Crippen LogP contribution >= 0.6 is 0 Å². The number of ether oxygens (including phenoxy) is 1. The Kier molecular flexibility index (Phi) is 5.72. The summed E-state index contributed by atoms with van der Waals surface area (Å²) in [5.41, 5.74) is -0.312. The molecule has 0 amide bonds. The molecule has 0 radical (unpaired) electrons. The van der Waals surface area contributed by atoms with Crippen LogP contribution in [0, 0.1) is 0 Å². The molecule has 0 bridgehead atoms. The number of methoxy groups -OCH3 is 1. The molecule has 0 heterocycles. The van der Waals surface area contributed by atoms with Crippen LogP contribution in [-0.2, 0) is 9.53 Å². The van der Waals surface area contributed by atoms with Crippen LogP contribution in [-0.4, -0.2) is 36.4 Å². The van der Waals surface area contributed by atoms with Crippen molar-refractivity contribution in [3.63, 3.8) is 0 Å². The van der Waals surface area contributed by atoms with Gasteiger partial charge in [0.1, 0.15) is 0 Å². The van der Waals surface area contributed by atoms with Crippen LogP contribution in [0.25, 0.3) is 0 Å². The molecule has 4 heteroatoms. The Morgan fingerprint density at radius 3 is 2.57 bits per heavy atom. The van der Waals surface area contributed by atoms with Crippen LogP contribution in [0.3, 0.4) is 0 Å². The molecule has 2 N–H and O–H groups in total.